The van der Waals surface area contributed by atoms with Gasteiger partial charge in [0.1, 0.15) is 12.0 Å². The number of imidazole rings is 1. The number of hydrogen-bond donors (Lipinski definition) is 0. The summed E-state index contributed by atoms with van der Waals surface area (Å²) < 4.78 is 2.06. The van der Waals surface area contributed by atoms with E-state index in [-0.39, 0.29) is 0 Å². The molecule has 0 aliphatic heterocycles. The van der Waals surface area contributed by atoms with Crippen molar-refractivity contribution in [2.75, 3.05) is 0 Å². The first-order valence-corrected chi connectivity index (χ1v) is 4.47. The van der Waals surface area contributed by atoms with Crippen molar-refractivity contribution in [1.82, 2.24) is 14.4 Å². The minimum Gasteiger partial charge on any atom is -0.287 e. The fourth-order valence-electron chi connectivity index (χ4n) is 1.48. The molecular weight excluding hydrogens is 162 g/mol. The first-order chi connectivity index (χ1) is 6.20. The normalized spacial score (nSPS) is 11.4. The van der Waals surface area contributed by atoms with E-state index in [4.69, 9.17) is 0 Å². The first kappa shape index (κ1) is 8.23. The molecule has 0 N–H and O–H groups in total. The smallest absolute Gasteiger partial charge is 0.142 e. The lowest BCUT2D eigenvalue weighted by Gasteiger charge is -2.04. The molecule has 68 valence electrons. The highest BCUT2D eigenvalue weighted by Gasteiger charge is 2.07. The second-order valence-electron chi connectivity index (χ2n) is 3.61. The topological polar surface area (TPSA) is 30.2 Å². The molecule has 0 aliphatic rings. The second kappa shape index (κ2) is 2.83. The highest BCUT2D eigenvalue weighted by molar-refractivity contribution is 5.46. The Labute approximate surface area is 77.4 Å². The molecule has 2 rings (SSSR count). The molecule has 0 aromatic carbocycles. The summed E-state index contributed by atoms with van der Waals surface area (Å²) >= 11 is 0. The molecule has 0 aliphatic carbocycles. The van der Waals surface area contributed by atoms with Gasteiger partial charge in [-0.1, -0.05) is 13.8 Å². The van der Waals surface area contributed by atoms with E-state index in [1.54, 1.807) is 0 Å². The largest absolute Gasteiger partial charge is 0.287 e. The number of fused-ring (bicyclic) bond motifs is 1. The summed E-state index contributed by atoms with van der Waals surface area (Å²) in [6.45, 7) is 6.34. The fourth-order valence-corrected chi connectivity index (χ4v) is 1.48. The number of hydrogen-bond acceptors (Lipinski definition) is 2. The van der Waals surface area contributed by atoms with Crippen LogP contribution in [-0.4, -0.2) is 14.4 Å². The van der Waals surface area contributed by atoms with Gasteiger partial charge in [-0.2, -0.15) is 0 Å². The highest BCUT2D eigenvalue weighted by atomic mass is 15.0. The van der Waals surface area contributed by atoms with Crippen LogP contribution in [0.4, 0.5) is 0 Å². The zero-order valence-corrected chi connectivity index (χ0v) is 8.15. The predicted octanol–water partition coefficient (Wildman–Crippen LogP) is 2.16. The van der Waals surface area contributed by atoms with Crippen molar-refractivity contribution in [2.24, 2.45) is 0 Å². The number of aryl methyl sites for hydroxylation is 1. The van der Waals surface area contributed by atoms with Crippen LogP contribution in [0.5, 0.6) is 0 Å². The maximum absolute atomic E-state index is 4.36. The van der Waals surface area contributed by atoms with E-state index in [0.29, 0.717) is 5.92 Å². The Morgan fingerprint density at radius 1 is 1.31 bits per heavy atom. The minimum atomic E-state index is 0.485. The maximum Gasteiger partial charge on any atom is 0.142 e. The second-order valence-corrected chi connectivity index (χ2v) is 3.61. The molecule has 13 heavy (non-hydrogen) atoms. The van der Waals surface area contributed by atoms with Crippen molar-refractivity contribution in [1.29, 1.82) is 0 Å². The quantitative estimate of drug-likeness (QED) is 0.664. The summed E-state index contributed by atoms with van der Waals surface area (Å²) in [6, 6.07) is 0. The Morgan fingerprint density at radius 3 is 2.77 bits per heavy atom. The number of rotatable bonds is 1. The lowest BCUT2D eigenvalue weighted by Crippen LogP contribution is -1.96. The van der Waals surface area contributed by atoms with Crippen molar-refractivity contribution in [2.45, 2.75) is 26.7 Å². The van der Waals surface area contributed by atoms with Crippen molar-refractivity contribution in [3.63, 3.8) is 0 Å². The summed E-state index contributed by atoms with van der Waals surface area (Å²) in [5.41, 5.74) is 3.35. The van der Waals surface area contributed by atoms with Crippen LogP contribution in [-0.2, 0) is 0 Å². The molecule has 0 amide bonds. The molecule has 0 spiro atoms. The molecular formula is C10H13N3. The third-order valence-electron chi connectivity index (χ3n) is 2.22. The van der Waals surface area contributed by atoms with Crippen LogP contribution in [0.25, 0.3) is 5.65 Å². The first-order valence-electron chi connectivity index (χ1n) is 4.47. The minimum absolute atomic E-state index is 0.485. The van der Waals surface area contributed by atoms with Crippen LogP contribution in [0.3, 0.4) is 0 Å². The van der Waals surface area contributed by atoms with Crippen LogP contribution in [0.1, 0.15) is 31.0 Å². The van der Waals surface area contributed by atoms with Crippen molar-refractivity contribution < 1.29 is 0 Å². The van der Waals surface area contributed by atoms with Gasteiger partial charge in [0.15, 0.2) is 0 Å². The molecule has 0 radical (unpaired) electrons. The van der Waals surface area contributed by atoms with Crippen molar-refractivity contribution in [3.8, 4) is 0 Å². The van der Waals surface area contributed by atoms with E-state index >= 15 is 0 Å². The van der Waals surface area contributed by atoms with Crippen LogP contribution in [0, 0.1) is 6.92 Å². The third-order valence-corrected chi connectivity index (χ3v) is 2.22. The highest BCUT2D eigenvalue weighted by Crippen LogP contribution is 2.16. The van der Waals surface area contributed by atoms with Crippen LogP contribution in [0.2, 0.25) is 0 Å². The summed E-state index contributed by atoms with van der Waals surface area (Å²) in [6.07, 6.45) is 5.59. The molecule has 2 aromatic rings. The summed E-state index contributed by atoms with van der Waals surface area (Å²) in [4.78, 5) is 8.51. The monoisotopic (exact) mass is 175 g/mol. The van der Waals surface area contributed by atoms with Gasteiger partial charge in [0, 0.05) is 23.7 Å². The lowest BCUT2D eigenvalue weighted by molar-refractivity contribution is 0.801. The molecule has 2 heterocycles. The lowest BCUT2D eigenvalue weighted by atomic mass is 10.1. The van der Waals surface area contributed by atoms with Gasteiger partial charge in [-0.05, 0) is 12.8 Å². The molecule has 2 aromatic heterocycles. The van der Waals surface area contributed by atoms with Gasteiger partial charge >= 0.3 is 0 Å². The maximum atomic E-state index is 4.36. The zero-order valence-electron chi connectivity index (χ0n) is 8.15. The summed E-state index contributed by atoms with van der Waals surface area (Å²) in [5, 5.41) is 0. The average molecular weight is 175 g/mol. The Bertz CT molecular complexity index is 429. The van der Waals surface area contributed by atoms with Gasteiger partial charge < -0.3 is 0 Å². The average Bonchev–Trinajstić information content (AvgIpc) is 2.48. The molecule has 0 unspecified atom stereocenters. The van der Waals surface area contributed by atoms with E-state index in [0.717, 1.165) is 11.2 Å². The van der Waals surface area contributed by atoms with E-state index in [1.165, 1.54) is 5.69 Å². The van der Waals surface area contributed by atoms with E-state index in [9.17, 15) is 0 Å². The van der Waals surface area contributed by atoms with E-state index in [1.807, 2.05) is 25.6 Å². The Hall–Kier alpha value is -1.38. The SMILES string of the molecule is Cc1cncn2c(C(C)C)cnc12. The van der Waals surface area contributed by atoms with Gasteiger partial charge in [-0.15, -0.1) is 0 Å². The zero-order chi connectivity index (χ0) is 9.42. The molecule has 0 atom stereocenters. The van der Waals surface area contributed by atoms with E-state index in [2.05, 4.69) is 28.2 Å². The van der Waals surface area contributed by atoms with Gasteiger partial charge in [-0.3, -0.25) is 4.40 Å². The Balaban J connectivity index is 2.75. The molecule has 3 heteroatoms. The summed E-state index contributed by atoms with van der Waals surface area (Å²) in [7, 11) is 0. The van der Waals surface area contributed by atoms with Gasteiger partial charge in [0.25, 0.3) is 0 Å². The van der Waals surface area contributed by atoms with Crippen LogP contribution in [0.15, 0.2) is 18.7 Å². The molecule has 3 nitrogen and oxygen atoms in total. The van der Waals surface area contributed by atoms with Crippen molar-refractivity contribution >= 4 is 5.65 Å². The Morgan fingerprint density at radius 2 is 2.08 bits per heavy atom. The predicted molar refractivity (Wildman–Crippen MR) is 51.8 cm³/mol. The molecule has 0 saturated heterocycles. The number of aromatic nitrogens is 3. The van der Waals surface area contributed by atoms with Gasteiger partial charge in [0.2, 0.25) is 0 Å². The standard InChI is InChI=1S/C10H13N3/c1-7(2)9-5-12-10-8(3)4-11-6-13(9)10/h4-7H,1-3H3. The number of nitrogens with zero attached hydrogens (tertiary/aromatic N) is 3. The van der Waals surface area contributed by atoms with Gasteiger partial charge in [0.05, 0.1) is 0 Å². The molecule has 0 saturated carbocycles. The van der Waals surface area contributed by atoms with Crippen LogP contribution < -0.4 is 0 Å². The van der Waals surface area contributed by atoms with E-state index < -0.39 is 0 Å². The van der Waals surface area contributed by atoms with Crippen LogP contribution >= 0.6 is 0 Å². The molecule has 0 bridgehead atoms. The molecule has 0 fully saturated rings. The van der Waals surface area contributed by atoms with Gasteiger partial charge in [-0.25, -0.2) is 9.97 Å². The fraction of sp³-hybridized carbons (Fsp3) is 0.400. The third kappa shape index (κ3) is 1.20. The Kier molecular flexibility index (Phi) is 1.79. The van der Waals surface area contributed by atoms with Crippen molar-refractivity contribution in [3.05, 3.63) is 30.0 Å². The summed E-state index contributed by atoms with van der Waals surface area (Å²) in [5.74, 6) is 0.485.